The molecular weight excluding hydrogens is 240 g/mol. The lowest BCUT2D eigenvalue weighted by Gasteiger charge is -2.41. The lowest BCUT2D eigenvalue weighted by Crippen LogP contribution is -2.53. The van der Waals surface area contributed by atoms with Crippen LogP contribution in [0.25, 0.3) is 0 Å². The topological polar surface area (TPSA) is 41.6 Å². The van der Waals surface area contributed by atoms with Crippen molar-refractivity contribution in [1.29, 1.82) is 0 Å². The van der Waals surface area contributed by atoms with E-state index in [4.69, 9.17) is 4.74 Å². The molecule has 1 heterocycles. The number of rotatable bonds is 2. The van der Waals surface area contributed by atoms with E-state index >= 15 is 0 Å². The van der Waals surface area contributed by atoms with Gasteiger partial charge < -0.3 is 15.0 Å². The molecule has 19 heavy (non-hydrogen) atoms. The highest BCUT2D eigenvalue weighted by Gasteiger charge is 2.34. The summed E-state index contributed by atoms with van der Waals surface area (Å²) in [5.74, 6) is 0.0631. The minimum absolute atomic E-state index is 0.0631. The number of para-hydroxylation sites is 1. The molecule has 104 valence electrons. The summed E-state index contributed by atoms with van der Waals surface area (Å²) in [6, 6.07) is 7.60. The van der Waals surface area contributed by atoms with E-state index in [0.29, 0.717) is 13.1 Å². The van der Waals surface area contributed by atoms with Crippen LogP contribution in [0.4, 0.5) is 5.69 Å². The van der Waals surface area contributed by atoms with Crippen LogP contribution < -0.4 is 5.32 Å². The summed E-state index contributed by atoms with van der Waals surface area (Å²) in [6.07, 6.45) is 0.0643. The summed E-state index contributed by atoms with van der Waals surface area (Å²) in [5, 5.41) is 3.07. The molecule has 0 radical (unpaired) electrons. The third kappa shape index (κ3) is 3.07. The predicted molar refractivity (Wildman–Crippen MR) is 76.5 cm³/mol. The third-order valence-electron chi connectivity index (χ3n) is 3.28. The van der Waals surface area contributed by atoms with Crippen LogP contribution in [0.2, 0.25) is 0 Å². The van der Waals surface area contributed by atoms with Crippen molar-refractivity contribution in [2.75, 3.05) is 25.5 Å². The number of carbonyl (C=O) groups excluding carboxylic acids is 1. The molecule has 1 saturated heterocycles. The number of amides is 1. The van der Waals surface area contributed by atoms with Crippen LogP contribution in [0.3, 0.4) is 0 Å². The predicted octanol–water partition coefficient (Wildman–Crippen LogP) is 2.37. The Morgan fingerprint density at radius 3 is 2.74 bits per heavy atom. The smallest absolute Gasteiger partial charge is 0.256 e. The Morgan fingerprint density at radius 2 is 2.11 bits per heavy atom. The summed E-state index contributed by atoms with van der Waals surface area (Å²) in [5.41, 5.74) is 1.29. The van der Waals surface area contributed by atoms with Crippen molar-refractivity contribution < 1.29 is 9.53 Å². The van der Waals surface area contributed by atoms with Crippen molar-refractivity contribution in [2.24, 2.45) is 0 Å². The van der Waals surface area contributed by atoms with Gasteiger partial charge in [-0.2, -0.15) is 0 Å². The van der Waals surface area contributed by atoms with Crippen LogP contribution in [-0.4, -0.2) is 42.6 Å². The highest BCUT2D eigenvalue weighted by molar-refractivity contribution is 5.99. The molecule has 0 aliphatic carbocycles. The van der Waals surface area contributed by atoms with E-state index in [1.807, 2.05) is 57.0 Å². The highest BCUT2D eigenvalue weighted by atomic mass is 16.5. The molecule has 0 spiro atoms. The quantitative estimate of drug-likeness (QED) is 0.889. The minimum atomic E-state index is -0.290. The van der Waals surface area contributed by atoms with Crippen LogP contribution in [0, 0.1) is 0 Å². The minimum Gasteiger partial charge on any atom is -0.387 e. The highest BCUT2D eigenvalue weighted by Crippen LogP contribution is 2.24. The monoisotopic (exact) mass is 262 g/mol. The number of nitrogens with zero attached hydrogens (tertiary/aromatic N) is 1. The molecule has 1 amide bonds. The average molecular weight is 262 g/mol. The van der Waals surface area contributed by atoms with Crippen LogP contribution >= 0.6 is 0 Å². The molecule has 1 aliphatic rings. The molecule has 1 atom stereocenters. The van der Waals surface area contributed by atoms with E-state index in [0.717, 1.165) is 11.3 Å². The van der Waals surface area contributed by atoms with Gasteiger partial charge in [-0.3, -0.25) is 4.79 Å². The lowest BCUT2D eigenvalue weighted by molar-refractivity contribution is -0.118. The Labute approximate surface area is 114 Å². The van der Waals surface area contributed by atoms with Gasteiger partial charge in [-0.05, 0) is 32.9 Å². The average Bonchev–Trinajstić information content (AvgIpc) is 2.35. The van der Waals surface area contributed by atoms with Crippen molar-refractivity contribution in [2.45, 2.75) is 32.5 Å². The SMILES string of the molecule is CNc1ccccc1C(=O)N1CC(C)OC(C)(C)C1. The molecule has 1 aromatic rings. The number of ether oxygens (including phenoxy) is 1. The molecule has 1 aromatic carbocycles. The third-order valence-corrected chi connectivity index (χ3v) is 3.28. The van der Waals surface area contributed by atoms with E-state index in [2.05, 4.69) is 5.32 Å². The van der Waals surface area contributed by atoms with Crippen LogP contribution in [0.5, 0.6) is 0 Å². The number of anilines is 1. The summed E-state index contributed by atoms with van der Waals surface area (Å²) in [7, 11) is 1.83. The Kier molecular flexibility index (Phi) is 3.80. The van der Waals surface area contributed by atoms with Crippen LogP contribution in [0.1, 0.15) is 31.1 Å². The normalized spacial score (nSPS) is 22.1. The molecule has 1 N–H and O–H groups in total. The van der Waals surface area contributed by atoms with Gasteiger partial charge in [0.1, 0.15) is 0 Å². The summed E-state index contributed by atoms with van der Waals surface area (Å²) < 4.78 is 5.84. The second kappa shape index (κ2) is 5.21. The standard InChI is InChI=1S/C15H22N2O2/c1-11-9-17(10-15(2,3)19-11)14(18)12-7-5-6-8-13(12)16-4/h5-8,11,16H,9-10H2,1-4H3. The summed E-state index contributed by atoms with van der Waals surface area (Å²) >= 11 is 0. The first-order valence-corrected chi connectivity index (χ1v) is 6.67. The summed E-state index contributed by atoms with van der Waals surface area (Å²) in [4.78, 5) is 14.5. The van der Waals surface area contributed by atoms with Crippen molar-refractivity contribution in [3.8, 4) is 0 Å². The number of carbonyl (C=O) groups is 1. The van der Waals surface area contributed by atoms with Gasteiger partial charge in [-0.25, -0.2) is 0 Å². The first-order valence-electron chi connectivity index (χ1n) is 6.67. The Bertz CT molecular complexity index is 471. The van der Waals surface area contributed by atoms with Gasteiger partial charge in [-0.15, -0.1) is 0 Å². The van der Waals surface area contributed by atoms with E-state index < -0.39 is 0 Å². The molecule has 0 saturated carbocycles. The van der Waals surface area contributed by atoms with Gasteiger partial charge in [0.2, 0.25) is 0 Å². The molecule has 2 rings (SSSR count). The number of hydrogen-bond donors (Lipinski definition) is 1. The van der Waals surface area contributed by atoms with Crippen molar-refractivity contribution in [1.82, 2.24) is 4.90 Å². The zero-order valence-electron chi connectivity index (χ0n) is 12.1. The number of morpholine rings is 1. The van der Waals surface area contributed by atoms with Crippen molar-refractivity contribution in [3.63, 3.8) is 0 Å². The van der Waals surface area contributed by atoms with E-state index in [1.54, 1.807) is 0 Å². The van der Waals surface area contributed by atoms with Gasteiger partial charge in [0.15, 0.2) is 0 Å². The molecule has 4 heteroatoms. The second-order valence-corrected chi connectivity index (χ2v) is 5.67. The summed E-state index contributed by atoms with van der Waals surface area (Å²) in [6.45, 7) is 7.31. The van der Waals surface area contributed by atoms with Crippen molar-refractivity contribution in [3.05, 3.63) is 29.8 Å². The maximum absolute atomic E-state index is 12.6. The van der Waals surface area contributed by atoms with E-state index in [1.165, 1.54) is 0 Å². The fourth-order valence-corrected chi connectivity index (χ4v) is 2.67. The van der Waals surface area contributed by atoms with E-state index in [9.17, 15) is 4.79 Å². The number of benzene rings is 1. The molecule has 4 nitrogen and oxygen atoms in total. The van der Waals surface area contributed by atoms with Gasteiger partial charge in [0.25, 0.3) is 5.91 Å². The Morgan fingerprint density at radius 1 is 1.42 bits per heavy atom. The molecule has 1 aliphatic heterocycles. The molecule has 0 bridgehead atoms. The molecule has 0 aromatic heterocycles. The van der Waals surface area contributed by atoms with Gasteiger partial charge in [0, 0.05) is 25.8 Å². The van der Waals surface area contributed by atoms with Crippen LogP contribution in [-0.2, 0) is 4.74 Å². The van der Waals surface area contributed by atoms with Crippen molar-refractivity contribution >= 4 is 11.6 Å². The zero-order valence-corrected chi connectivity index (χ0v) is 12.1. The molecule has 1 unspecified atom stereocenters. The second-order valence-electron chi connectivity index (χ2n) is 5.67. The molecule has 1 fully saturated rings. The molecular formula is C15H22N2O2. The maximum atomic E-state index is 12.6. The fraction of sp³-hybridized carbons (Fsp3) is 0.533. The van der Waals surface area contributed by atoms with Gasteiger partial charge >= 0.3 is 0 Å². The van der Waals surface area contributed by atoms with E-state index in [-0.39, 0.29) is 17.6 Å². The largest absolute Gasteiger partial charge is 0.387 e. The number of hydrogen-bond acceptors (Lipinski definition) is 3. The van der Waals surface area contributed by atoms with Gasteiger partial charge in [-0.1, -0.05) is 12.1 Å². The van der Waals surface area contributed by atoms with Crippen LogP contribution in [0.15, 0.2) is 24.3 Å². The Hall–Kier alpha value is -1.55. The lowest BCUT2D eigenvalue weighted by atomic mass is 10.0. The fourth-order valence-electron chi connectivity index (χ4n) is 2.67. The Balaban J connectivity index is 2.24. The number of nitrogens with one attached hydrogen (secondary N) is 1. The first kappa shape index (κ1) is 13.9. The zero-order chi connectivity index (χ0) is 14.0. The maximum Gasteiger partial charge on any atom is 0.256 e. The van der Waals surface area contributed by atoms with Gasteiger partial charge in [0.05, 0.1) is 17.3 Å². The first-order chi connectivity index (χ1) is 8.93.